The van der Waals surface area contributed by atoms with Crippen molar-refractivity contribution in [2.24, 2.45) is 0 Å². The molecule has 27 heavy (non-hydrogen) atoms. The third kappa shape index (κ3) is 3.23. The number of hydrogen-bond acceptors (Lipinski definition) is 7. The van der Waals surface area contributed by atoms with Crippen LogP contribution in [0.4, 0.5) is 11.9 Å². The zero-order valence-electron chi connectivity index (χ0n) is 14.9. The van der Waals surface area contributed by atoms with E-state index in [0.717, 1.165) is 32.4 Å². The fourth-order valence-corrected chi connectivity index (χ4v) is 3.57. The van der Waals surface area contributed by atoms with Gasteiger partial charge in [0.25, 0.3) is 0 Å². The number of fused-ring (bicyclic) bond motifs is 2. The Hall–Kier alpha value is -3.00. The first-order valence-electron chi connectivity index (χ1n) is 8.21. The van der Waals surface area contributed by atoms with Crippen LogP contribution < -0.4 is 10.1 Å². The van der Waals surface area contributed by atoms with E-state index in [2.05, 4.69) is 41.2 Å². The monoisotopic (exact) mass is 425 g/mol. The smallest absolute Gasteiger partial charge is 0.233 e. The first kappa shape index (κ1) is 17.4. The van der Waals surface area contributed by atoms with Crippen LogP contribution in [0.15, 0.2) is 34.8 Å². The fourth-order valence-electron chi connectivity index (χ4n) is 2.91. The molecule has 8 heteroatoms. The van der Waals surface area contributed by atoms with Gasteiger partial charge in [0.1, 0.15) is 5.75 Å². The van der Waals surface area contributed by atoms with Crippen molar-refractivity contribution in [2.45, 2.75) is 13.8 Å². The quantitative estimate of drug-likeness (QED) is 0.501. The molecule has 2 N–H and O–H groups in total. The molecular weight excluding hydrogens is 410 g/mol. The molecule has 0 spiro atoms. The molecule has 0 aliphatic rings. The summed E-state index contributed by atoms with van der Waals surface area (Å²) in [6.45, 7) is 3.84. The van der Waals surface area contributed by atoms with Crippen LogP contribution in [-0.4, -0.2) is 32.2 Å². The summed E-state index contributed by atoms with van der Waals surface area (Å²) in [5, 5.41) is 14.8. The number of halogens is 1. The maximum absolute atomic E-state index is 10.3. The molecule has 0 fully saturated rings. The van der Waals surface area contributed by atoms with Gasteiger partial charge in [-0.2, -0.15) is 4.98 Å². The summed E-state index contributed by atoms with van der Waals surface area (Å²) in [5.74, 6) is 1.22. The van der Waals surface area contributed by atoms with Gasteiger partial charge in [-0.25, -0.2) is 15.0 Å². The molecule has 0 aliphatic carbocycles. The lowest BCUT2D eigenvalue weighted by atomic mass is 10.1. The molecule has 0 unspecified atom stereocenters. The summed E-state index contributed by atoms with van der Waals surface area (Å²) in [6.07, 6.45) is 0. The molecule has 2 heterocycles. The highest BCUT2D eigenvalue weighted by molar-refractivity contribution is 9.10. The van der Waals surface area contributed by atoms with Crippen LogP contribution in [-0.2, 0) is 0 Å². The van der Waals surface area contributed by atoms with Crippen LogP contribution in [0.2, 0.25) is 0 Å². The van der Waals surface area contributed by atoms with Gasteiger partial charge in [-0.15, -0.1) is 0 Å². The Morgan fingerprint density at radius 2 is 1.74 bits per heavy atom. The molecule has 0 amide bonds. The van der Waals surface area contributed by atoms with Crippen molar-refractivity contribution in [1.82, 2.24) is 19.9 Å². The van der Waals surface area contributed by atoms with E-state index in [-0.39, 0.29) is 11.8 Å². The summed E-state index contributed by atoms with van der Waals surface area (Å²) in [5.41, 5.74) is 3.17. The molecule has 136 valence electrons. The minimum Gasteiger partial charge on any atom is -0.497 e. The Balaban J connectivity index is 1.78. The van der Waals surface area contributed by atoms with Gasteiger partial charge in [0.15, 0.2) is 0 Å². The van der Waals surface area contributed by atoms with Gasteiger partial charge in [-0.05, 0) is 65.7 Å². The molecule has 2 aromatic heterocycles. The SMILES string of the molecule is COc1ccc2nc(Nc3nc(O)c4cc(C)cc(Br)c4n3)nc(C)c2c1. The van der Waals surface area contributed by atoms with Crippen LogP contribution in [0.3, 0.4) is 0 Å². The highest BCUT2D eigenvalue weighted by Gasteiger charge is 2.12. The number of nitrogens with zero attached hydrogens (tertiary/aromatic N) is 4. The van der Waals surface area contributed by atoms with Crippen molar-refractivity contribution in [3.8, 4) is 11.6 Å². The van der Waals surface area contributed by atoms with Crippen molar-refractivity contribution >= 4 is 49.6 Å². The zero-order chi connectivity index (χ0) is 19.1. The summed E-state index contributed by atoms with van der Waals surface area (Å²) >= 11 is 3.49. The average molecular weight is 426 g/mol. The minimum absolute atomic E-state index is 0.103. The molecule has 0 aliphatic heterocycles. The van der Waals surface area contributed by atoms with Crippen LogP contribution in [0, 0.1) is 13.8 Å². The van der Waals surface area contributed by atoms with Crippen molar-refractivity contribution in [3.63, 3.8) is 0 Å². The number of aryl methyl sites for hydroxylation is 2. The van der Waals surface area contributed by atoms with Gasteiger partial charge >= 0.3 is 0 Å². The third-order valence-corrected chi connectivity index (χ3v) is 4.80. The normalized spacial score (nSPS) is 11.1. The molecule has 0 atom stereocenters. The predicted molar refractivity (Wildman–Crippen MR) is 108 cm³/mol. The van der Waals surface area contributed by atoms with Crippen molar-refractivity contribution in [3.05, 3.63) is 46.1 Å². The predicted octanol–water partition coefficient (Wildman–Crippen LogP) is 4.41. The van der Waals surface area contributed by atoms with E-state index in [1.807, 2.05) is 44.2 Å². The van der Waals surface area contributed by atoms with Crippen LogP contribution in [0.5, 0.6) is 11.6 Å². The molecule has 0 saturated carbocycles. The summed E-state index contributed by atoms with van der Waals surface area (Å²) in [4.78, 5) is 17.6. The molecule has 2 aromatic carbocycles. The molecule has 4 rings (SSSR count). The second-order valence-electron chi connectivity index (χ2n) is 6.15. The highest BCUT2D eigenvalue weighted by atomic mass is 79.9. The topological polar surface area (TPSA) is 93.0 Å². The lowest BCUT2D eigenvalue weighted by molar-refractivity contribution is 0.415. The van der Waals surface area contributed by atoms with Crippen LogP contribution >= 0.6 is 15.9 Å². The molecule has 4 aromatic rings. The van der Waals surface area contributed by atoms with E-state index in [1.165, 1.54) is 0 Å². The molecule has 0 radical (unpaired) electrons. The Morgan fingerprint density at radius 1 is 0.963 bits per heavy atom. The number of nitrogens with one attached hydrogen (secondary N) is 1. The molecule has 7 nitrogen and oxygen atoms in total. The number of anilines is 2. The van der Waals surface area contributed by atoms with E-state index in [4.69, 9.17) is 4.74 Å². The number of hydrogen-bond donors (Lipinski definition) is 2. The van der Waals surface area contributed by atoms with Gasteiger partial charge in [-0.3, -0.25) is 5.32 Å². The summed E-state index contributed by atoms with van der Waals surface area (Å²) < 4.78 is 6.03. The second-order valence-corrected chi connectivity index (χ2v) is 7.01. The zero-order valence-corrected chi connectivity index (χ0v) is 16.5. The maximum Gasteiger partial charge on any atom is 0.233 e. The Kier molecular flexibility index (Phi) is 4.27. The lowest BCUT2D eigenvalue weighted by Gasteiger charge is -2.10. The average Bonchev–Trinajstić information content (AvgIpc) is 2.62. The van der Waals surface area contributed by atoms with E-state index in [9.17, 15) is 5.11 Å². The number of rotatable bonds is 3. The highest BCUT2D eigenvalue weighted by Crippen LogP contribution is 2.31. The first-order chi connectivity index (χ1) is 12.9. The molecule has 0 saturated heterocycles. The van der Waals surface area contributed by atoms with E-state index < -0.39 is 0 Å². The Labute approximate surface area is 163 Å². The largest absolute Gasteiger partial charge is 0.497 e. The van der Waals surface area contributed by atoms with Gasteiger partial charge in [0.05, 0.1) is 29.2 Å². The number of benzene rings is 2. The first-order valence-corrected chi connectivity index (χ1v) is 9.00. The van der Waals surface area contributed by atoms with E-state index >= 15 is 0 Å². The summed E-state index contributed by atoms with van der Waals surface area (Å²) in [7, 11) is 1.62. The summed E-state index contributed by atoms with van der Waals surface area (Å²) in [6, 6.07) is 9.38. The van der Waals surface area contributed by atoms with Gasteiger partial charge in [-0.1, -0.05) is 0 Å². The van der Waals surface area contributed by atoms with Crippen molar-refractivity contribution in [1.29, 1.82) is 0 Å². The number of ether oxygens (including phenoxy) is 1. The van der Waals surface area contributed by atoms with Gasteiger partial charge < -0.3 is 9.84 Å². The lowest BCUT2D eigenvalue weighted by Crippen LogP contribution is -2.03. The fraction of sp³-hybridized carbons (Fsp3) is 0.158. The molecular formula is C19H16BrN5O2. The Bertz CT molecular complexity index is 1200. The standard InChI is InChI=1S/C19H16BrN5O2/c1-9-6-13-16(14(20)7-9)23-19(24-17(13)26)25-18-21-10(2)12-8-11(27-3)4-5-15(12)22-18/h4-8H,1-3H3,(H2,21,22,23,24,25,26). The number of aromatic hydroxyl groups is 1. The van der Waals surface area contributed by atoms with Gasteiger partial charge in [0, 0.05) is 9.86 Å². The number of methoxy groups -OCH3 is 1. The van der Waals surface area contributed by atoms with E-state index in [1.54, 1.807) is 7.11 Å². The minimum atomic E-state index is -0.103. The van der Waals surface area contributed by atoms with Crippen LogP contribution in [0.1, 0.15) is 11.3 Å². The van der Waals surface area contributed by atoms with E-state index in [0.29, 0.717) is 16.9 Å². The van der Waals surface area contributed by atoms with Crippen molar-refractivity contribution < 1.29 is 9.84 Å². The maximum atomic E-state index is 10.3. The van der Waals surface area contributed by atoms with Gasteiger partial charge in [0.2, 0.25) is 17.8 Å². The Morgan fingerprint density at radius 3 is 2.52 bits per heavy atom. The molecule has 0 bridgehead atoms. The van der Waals surface area contributed by atoms with Crippen molar-refractivity contribution in [2.75, 3.05) is 12.4 Å². The second kappa shape index (κ2) is 6.62. The third-order valence-electron chi connectivity index (χ3n) is 4.20. The van der Waals surface area contributed by atoms with Crippen LogP contribution in [0.25, 0.3) is 21.8 Å². The number of aromatic nitrogens is 4.